The van der Waals surface area contributed by atoms with Gasteiger partial charge in [-0.2, -0.15) is 18.4 Å². The van der Waals surface area contributed by atoms with Gasteiger partial charge >= 0.3 is 12.3 Å². The highest BCUT2D eigenvalue weighted by Crippen LogP contribution is 2.47. The molecule has 1 aliphatic heterocycles. The van der Waals surface area contributed by atoms with Crippen molar-refractivity contribution < 1.29 is 32.7 Å². The van der Waals surface area contributed by atoms with Crippen LogP contribution < -0.4 is 10.6 Å². The smallest absolute Gasteiger partial charge is 0.435 e. The highest BCUT2D eigenvalue weighted by Gasteiger charge is 2.60. The Morgan fingerprint density at radius 1 is 1.19 bits per heavy atom. The van der Waals surface area contributed by atoms with Crippen molar-refractivity contribution >= 4 is 29.6 Å². The first-order chi connectivity index (χ1) is 15.0. The molecule has 1 atom stereocenters. The van der Waals surface area contributed by atoms with Crippen molar-refractivity contribution in [2.45, 2.75) is 32.0 Å². The van der Waals surface area contributed by atoms with E-state index in [-0.39, 0.29) is 22.4 Å². The first-order valence-corrected chi connectivity index (χ1v) is 9.22. The molecule has 2 aromatic carbocycles. The molecular formula is C21H17F3N4O4. The van der Waals surface area contributed by atoms with Crippen LogP contribution in [0.4, 0.5) is 29.3 Å². The van der Waals surface area contributed by atoms with Gasteiger partial charge in [-0.05, 0) is 55.3 Å². The lowest BCUT2D eigenvalue weighted by Gasteiger charge is -2.30. The third kappa shape index (κ3) is 4.07. The number of hydrogen-bond donors (Lipinski definition) is 3. The third-order valence-corrected chi connectivity index (χ3v) is 5.00. The molecule has 0 saturated heterocycles. The van der Waals surface area contributed by atoms with Gasteiger partial charge < -0.3 is 15.3 Å². The maximum Gasteiger partial charge on any atom is 0.435 e. The number of aryl methyl sites for hydroxylation is 2. The quantitative estimate of drug-likeness (QED) is 0.629. The summed E-state index contributed by atoms with van der Waals surface area (Å²) in [6, 6.07) is 8.19. The molecule has 8 nitrogen and oxygen atoms in total. The van der Waals surface area contributed by atoms with Crippen LogP contribution in [-0.4, -0.2) is 29.5 Å². The molecule has 11 heteroatoms. The molecule has 32 heavy (non-hydrogen) atoms. The lowest BCUT2D eigenvalue weighted by atomic mass is 9.87. The number of nitriles is 1. The molecule has 0 aliphatic carbocycles. The molecule has 1 unspecified atom stereocenters. The van der Waals surface area contributed by atoms with Crippen molar-refractivity contribution in [3.8, 4) is 6.07 Å². The molecule has 3 N–H and O–H groups in total. The Kier molecular flexibility index (Phi) is 5.81. The van der Waals surface area contributed by atoms with Crippen LogP contribution in [0.5, 0.6) is 0 Å². The van der Waals surface area contributed by atoms with E-state index in [2.05, 4.69) is 10.5 Å². The van der Waals surface area contributed by atoms with E-state index in [9.17, 15) is 22.8 Å². The monoisotopic (exact) mass is 446 g/mol. The largest absolute Gasteiger partial charge is 0.465 e. The standard InChI is InChI=1S/C21H17F3N4O4/c1-11-7-15(20(21(22,23)24)5-6-26-32-20)8-12(2)17(11)28-18(29)13-3-4-14(10-25)16(9-13)27-19(30)31/h3-4,6-9,27H,5H2,1-2H3,(H,28,29)(H,30,31). The summed E-state index contributed by atoms with van der Waals surface area (Å²) >= 11 is 0. The Labute approximate surface area is 180 Å². The van der Waals surface area contributed by atoms with Crippen molar-refractivity contribution in [2.24, 2.45) is 5.16 Å². The van der Waals surface area contributed by atoms with Crippen LogP contribution in [0.3, 0.4) is 0 Å². The molecule has 2 aromatic rings. The van der Waals surface area contributed by atoms with E-state index >= 15 is 0 Å². The maximum atomic E-state index is 13.7. The number of carbonyl (C=O) groups excluding carboxylic acids is 1. The lowest BCUT2D eigenvalue weighted by Crippen LogP contribution is -2.42. The van der Waals surface area contributed by atoms with Gasteiger partial charge in [-0.25, -0.2) is 4.79 Å². The summed E-state index contributed by atoms with van der Waals surface area (Å²) in [4.78, 5) is 28.4. The highest BCUT2D eigenvalue weighted by molar-refractivity contribution is 6.06. The Morgan fingerprint density at radius 2 is 1.84 bits per heavy atom. The van der Waals surface area contributed by atoms with Gasteiger partial charge in [0.25, 0.3) is 11.5 Å². The van der Waals surface area contributed by atoms with E-state index in [0.29, 0.717) is 16.8 Å². The first kappa shape index (κ1) is 22.6. The van der Waals surface area contributed by atoms with Crippen molar-refractivity contribution in [1.29, 1.82) is 5.26 Å². The van der Waals surface area contributed by atoms with Gasteiger partial charge in [0, 0.05) is 29.4 Å². The van der Waals surface area contributed by atoms with Crippen molar-refractivity contribution in [2.75, 3.05) is 10.6 Å². The van der Waals surface area contributed by atoms with Crippen molar-refractivity contribution in [3.63, 3.8) is 0 Å². The molecular weight excluding hydrogens is 429 g/mol. The second kappa shape index (κ2) is 8.22. The first-order valence-electron chi connectivity index (χ1n) is 9.22. The maximum absolute atomic E-state index is 13.7. The van der Waals surface area contributed by atoms with Gasteiger partial charge in [0.1, 0.15) is 6.07 Å². The summed E-state index contributed by atoms with van der Waals surface area (Å²) in [5, 5.41) is 26.0. The molecule has 2 amide bonds. The molecule has 1 heterocycles. The number of benzene rings is 2. The lowest BCUT2D eigenvalue weighted by molar-refractivity contribution is -0.275. The van der Waals surface area contributed by atoms with Gasteiger partial charge in [-0.15, -0.1) is 0 Å². The number of carboxylic acid groups (broad SMARTS) is 1. The number of alkyl halides is 3. The Morgan fingerprint density at radius 3 is 2.34 bits per heavy atom. The number of nitrogens with one attached hydrogen (secondary N) is 2. The Bertz CT molecular complexity index is 1140. The molecule has 0 bridgehead atoms. The number of hydrogen-bond acceptors (Lipinski definition) is 5. The predicted octanol–water partition coefficient (Wildman–Crippen LogP) is 4.68. The molecule has 3 rings (SSSR count). The summed E-state index contributed by atoms with van der Waals surface area (Å²) < 4.78 is 41.2. The summed E-state index contributed by atoms with van der Waals surface area (Å²) in [5.74, 6) is -0.632. The van der Waals surface area contributed by atoms with Crippen LogP contribution in [0.15, 0.2) is 35.5 Å². The Balaban J connectivity index is 1.93. The van der Waals surface area contributed by atoms with Gasteiger partial charge in [0.2, 0.25) is 0 Å². The minimum absolute atomic E-state index is 0.0249. The van der Waals surface area contributed by atoms with Crippen LogP contribution in [0.25, 0.3) is 0 Å². The third-order valence-electron chi connectivity index (χ3n) is 5.00. The number of amides is 2. The van der Waals surface area contributed by atoms with Crippen molar-refractivity contribution in [1.82, 2.24) is 0 Å². The van der Waals surface area contributed by atoms with E-state index in [4.69, 9.17) is 15.2 Å². The summed E-state index contributed by atoms with van der Waals surface area (Å²) in [5.41, 5.74) is -1.69. The minimum atomic E-state index is -4.71. The average Bonchev–Trinajstić information content (AvgIpc) is 3.21. The van der Waals surface area contributed by atoms with Crippen LogP contribution in [0, 0.1) is 25.2 Å². The summed E-state index contributed by atoms with van der Waals surface area (Å²) in [6.07, 6.45) is -5.52. The fourth-order valence-electron chi connectivity index (χ4n) is 3.41. The zero-order chi connectivity index (χ0) is 23.7. The molecule has 0 saturated carbocycles. The highest BCUT2D eigenvalue weighted by atomic mass is 19.4. The van der Waals surface area contributed by atoms with E-state index in [1.54, 1.807) is 13.8 Å². The van der Waals surface area contributed by atoms with E-state index in [0.717, 1.165) is 6.21 Å². The normalized spacial score (nSPS) is 17.4. The Hall–Kier alpha value is -4.07. The van der Waals surface area contributed by atoms with E-state index < -0.39 is 30.2 Å². The zero-order valence-electron chi connectivity index (χ0n) is 16.9. The van der Waals surface area contributed by atoms with Crippen LogP contribution in [0.2, 0.25) is 0 Å². The van der Waals surface area contributed by atoms with Crippen LogP contribution in [-0.2, 0) is 10.4 Å². The van der Waals surface area contributed by atoms with Gasteiger partial charge in [0.15, 0.2) is 0 Å². The summed E-state index contributed by atoms with van der Waals surface area (Å²) in [6.45, 7) is 3.09. The van der Waals surface area contributed by atoms with Crippen LogP contribution >= 0.6 is 0 Å². The number of oxime groups is 1. The molecule has 1 aliphatic rings. The zero-order valence-corrected chi connectivity index (χ0v) is 16.9. The number of rotatable bonds is 4. The van der Waals surface area contributed by atoms with Crippen LogP contribution in [0.1, 0.15) is 39.0 Å². The number of nitrogens with zero attached hydrogens (tertiary/aromatic N) is 2. The number of halogens is 3. The minimum Gasteiger partial charge on any atom is -0.465 e. The number of carbonyl (C=O) groups is 2. The molecule has 0 aromatic heterocycles. The van der Waals surface area contributed by atoms with E-state index in [1.807, 2.05) is 11.4 Å². The summed E-state index contributed by atoms with van der Waals surface area (Å²) in [7, 11) is 0. The topological polar surface area (TPSA) is 124 Å². The molecule has 166 valence electrons. The van der Waals surface area contributed by atoms with Crippen molar-refractivity contribution in [3.05, 3.63) is 58.1 Å². The molecule has 0 radical (unpaired) electrons. The predicted molar refractivity (Wildman–Crippen MR) is 109 cm³/mol. The van der Waals surface area contributed by atoms with Gasteiger partial charge in [0.05, 0.1) is 11.3 Å². The number of anilines is 2. The fourth-order valence-corrected chi connectivity index (χ4v) is 3.41. The van der Waals surface area contributed by atoms with E-state index in [1.165, 1.54) is 30.3 Å². The second-order valence-electron chi connectivity index (χ2n) is 7.15. The SMILES string of the molecule is Cc1cc(C2(C(F)(F)F)CC=NO2)cc(C)c1NC(=O)c1ccc(C#N)c(NC(=O)O)c1. The van der Waals surface area contributed by atoms with Gasteiger partial charge in [-0.1, -0.05) is 5.16 Å². The molecule has 0 spiro atoms. The van der Waals surface area contributed by atoms with Gasteiger partial charge in [-0.3, -0.25) is 10.1 Å². The average molecular weight is 446 g/mol. The molecule has 0 fully saturated rings. The fraction of sp³-hybridized carbons (Fsp3) is 0.238. The second-order valence-corrected chi connectivity index (χ2v) is 7.15.